The maximum absolute atomic E-state index is 13.3. The van der Waals surface area contributed by atoms with Gasteiger partial charge in [0.05, 0.1) is 5.75 Å². The molecule has 0 fully saturated rings. The van der Waals surface area contributed by atoms with E-state index in [-0.39, 0.29) is 17.4 Å². The van der Waals surface area contributed by atoms with E-state index in [4.69, 9.17) is 0 Å². The van der Waals surface area contributed by atoms with Gasteiger partial charge in [0.25, 0.3) is 0 Å². The molecule has 32 heavy (non-hydrogen) atoms. The maximum Gasteiger partial charge on any atom is 0.243 e. The van der Waals surface area contributed by atoms with E-state index in [0.717, 1.165) is 12.2 Å². The number of thioether (sulfide) groups is 1. The van der Waals surface area contributed by atoms with Crippen LogP contribution in [0.5, 0.6) is 0 Å². The molecule has 0 bridgehead atoms. The molecule has 0 aromatic heterocycles. The number of benzene rings is 2. The number of nitrogens with one attached hydrogen (secondary N) is 1. The van der Waals surface area contributed by atoms with Gasteiger partial charge < -0.3 is 10.2 Å². The monoisotopic (exact) mass is 454 g/mol. The van der Waals surface area contributed by atoms with Crippen LogP contribution >= 0.6 is 11.8 Å². The first-order valence-corrected chi connectivity index (χ1v) is 12.5. The molecule has 0 aliphatic carbocycles. The normalized spacial score (nSPS) is 12.3. The van der Waals surface area contributed by atoms with Crippen LogP contribution in [0, 0.1) is 13.8 Å². The van der Waals surface area contributed by atoms with E-state index >= 15 is 0 Å². The summed E-state index contributed by atoms with van der Waals surface area (Å²) < 4.78 is 0. The van der Waals surface area contributed by atoms with Crippen molar-refractivity contribution >= 4 is 23.6 Å². The van der Waals surface area contributed by atoms with Gasteiger partial charge >= 0.3 is 0 Å². The summed E-state index contributed by atoms with van der Waals surface area (Å²) in [6, 6.07) is 16.2. The number of aryl methyl sites for hydroxylation is 2. The van der Waals surface area contributed by atoms with Crippen molar-refractivity contribution in [2.45, 2.75) is 71.7 Å². The number of carbonyl (C=O) groups excluding carboxylic acids is 2. The Morgan fingerprint density at radius 1 is 1.00 bits per heavy atom. The molecule has 0 spiro atoms. The van der Waals surface area contributed by atoms with Crippen molar-refractivity contribution in [1.82, 2.24) is 10.2 Å². The zero-order valence-corrected chi connectivity index (χ0v) is 21.2. The van der Waals surface area contributed by atoms with E-state index in [2.05, 4.69) is 49.5 Å². The minimum absolute atomic E-state index is 0.0196. The van der Waals surface area contributed by atoms with E-state index in [1.807, 2.05) is 45.9 Å². The van der Waals surface area contributed by atoms with Crippen molar-refractivity contribution in [2.75, 3.05) is 12.3 Å². The lowest BCUT2D eigenvalue weighted by Gasteiger charge is -2.33. The van der Waals surface area contributed by atoms with E-state index in [1.54, 1.807) is 16.7 Å². The molecule has 2 rings (SSSR count). The first-order chi connectivity index (χ1) is 15.1. The minimum Gasteiger partial charge on any atom is -0.350 e. The third-order valence-electron chi connectivity index (χ3n) is 5.14. The van der Waals surface area contributed by atoms with Crippen LogP contribution in [0.3, 0.4) is 0 Å². The largest absolute Gasteiger partial charge is 0.350 e. The molecule has 0 radical (unpaired) electrons. The van der Waals surface area contributed by atoms with Crippen molar-refractivity contribution in [3.05, 3.63) is 70.8 Å². The molecule has 1 N–H and O–H groups in total. The van der Waals surface area contributed by atoms with Gasteiger partial charge in [-0.1, -0.05) is 66.6 Å². The van der Waals surface area contributed by atoms with Crippen molar-refractivity contribution < 1.29 is 9.59 Å². The highest BCUT2D eigenvalue weighted by molar-refractivity contribution is 7.99. The van der Waals surface area contributed by atoms with E-state index < -0.39 is 6.04 Å². The average molecular weight is 455 g/mol. The Morgan fingerprint density at radius 3 is 2.19 bits per heavy atom. The number of carbonyl (C=O) groups is 2. The Morgan fingerprint density at radius 2 is 1.62 bits per heavy atom. The smallest absolute Gasteiger partial charge is 0.243 e. The molecule has 0 saturated carbocycles. The molecule has 0 heterocycles. The van der Waals surface area contributed by atoms with Crippen molar-refractivity contribution in [3.63, 3.8) is 0 Å². The fourth-order valence-electron chi connectivity index (χ4n) is 3.84. The van der Waals surface area contributed by atoms with Crippen LogP contribution in [-0.2, 0) is 21.8 Å². The summed E-state index contributed by atoms with van der Waals surface area (Å²) in [6.45, 7) is 12.6. The lowest BCUT2D eigenvalue weighted by Crippen LogP contribution is -2.54. The van der Waals surface area contributed by atoms with E-state index in [1.165, 1.54) is 22.3 Å². The molecule has 0 saturated heterocycles. The van der Waals surface area contributed by atoms with Gasteiger partial charge in [-0.2, -0.15) is 0 Å². The summed E-state index contributed by atoms with van der Waals surface area (Å²) in [6.07, 6.45) is 1.32. The van der Waals surface area contributed by atoms with Crippen LogP contribution in [0.25, 0.3) is 0 Å². The standard InChI is InChI=1S/C27H38N2O2S/c1-7-24(26(31)28-27(4,5)6)29(14-13-22-11-9-8-10-12-22)25(30)19-32-18-23-16-20(2)15-21(3)17-23/h8-12,15-17,24H,7,13-14,18-19H2,1-6H3,(H,28,31)/t24-/m1/s1. The van der Waals surface area contributed by atoms with Crippen LogP contribution in [0.4, 0.5) is 0 Å². The van der Waals surface area contributed by atoms with Crippen molar-refractivity contribution in [1.29, 1.82) is 0 Å². The van der Waals surface area contributed by atoms with Gasteiger partial charge in [-0.15, -0.1) is 11.8 Å². The first-order valence-electron chi connectivity index (χ1n) is 11.4. The zero-order valence-electron chi connectivity index (χ0n) is 20.4. The third kappa shape index (κ3) is 8.70. The summed E-state index contributed by atoms with van der Waals surface area (Å²) in [4.78, 5) is 28.1. The number of nitrogens with zero attached hydrogens (tertiary/aromatic N) is 1. The SMILES string of the molecule is CC[C@H](C(=O)NC(C)(C)C)N(CCc1ccccc1)C(=O)CSCc1cc(C)cc(C)c1. The third-order valence-corrected chi connectivity index (χ3v) is 6.13. The number of rotatable bonds is 10. The Labute approximate surface area is 198 Å². The fraction of sp³-hybridized carbons (Fsp3) is 0.481. The second-order valence-electron chi connectivity index (χ2n) is 9.47. The molecule has 1 atom stereocenters. The van der Waals surface area contributed by atoms with Crippen LogP contribution in [0.1, 0.15) is 56.4 Å². The molecule has 2 aromatic carbocycles. The molecule has 2 amide bonds. The molecule has 2 aromatic rings. The topological polar surface area (TPSA) is 49.4 Å². The average Bonchev–Trinajstić information content (AvgIpc) is 2.69. The lowest BCUT2D eigenvalue weighted by atomic mass is 10.1. The Hall–Kier alpha value is -2.27. The highest BCUT2D eigenvalue weighted by Gasteiger charge is 2.30. The molecule has 4 nitrogen and oxygen atoms in total. The highest BCUT2D eigenvalue weighted by atomic mass is 32.2. The Bertz CT molecular complexity index is 870. The minimum atomic E-state index is -0.466. The second-order valence-corrected chi connectivity index (χ2v) is 10.5. The van der Waals surface area contributed by atoms with Crippen LogP contribution in [0.15, 0.2) is 48.5 Å². The van der Waals surface area contributed by atoms with Crippen LogP contribution in [-0.4, -0.2) is 40.6 Å². The molecule has 0 aliphatic rings. The summed E-state index contributed by atoms with van der Waals surface area (Å²) in [5, 5.41) is 3.06. The zero-order chi connectivity index (χ0) is 23.7. The summed E-state index contributed by atoms with van der Waals surface area (Å²) in [7, 11) is 0. The Balaban J connectivity index is 2.10. The molecule has 5 heteroatoms. The van der Waals surface area contributed by atoms with Crippen LogP contribution in [0.2, 0.25) is 0 Å². The predicted molar refractivity (Wildman–Crippen MR) is 136 cm³/mol. The van der Waals surface area contributed by atoms with Crippen LogP contribution < -0.4 is 5.32 Å². The van der Waals surface area contributed by atoms with Gasteiger partial charge in [-0.25, -0.2) is 0 Å². The van der Waals surface area contributed by atoms with Crippen molar-refractivity contribution in [2.24, 2.45) is 0 Å². The van der Waals surface area contributed by atoms with Gasteiger partial charge in [-0.05, 0) is 58.6 Å². The van der Waals surface area contributed by atoms with Gasteiger partial charge in [0.15, 0.2) is 0 Å². The maximum atomic E-state index is 13.3. The predicted octanol–water partition coefficient (Wildman–Crippen LogP) is 5.30. The quantitative estimate of drug-likeness (QED) is 0.530. The highest BCUT2D eigenvalue weighted by Crippen LogP contribution is 2.18. The fourth-order valence-corrected chi connectivity index (χ4v) is 4.69. The second kappa shape index (κ2) is 12.1. The summed E-state index contributed by atoms with van der Waals surface area (Å²) >= 11 is 1.61. The number of amides is 2. The van der Waals surface area contributed by atoms with Gasteiger partial charge in [-0.3, -0.25) is 9.59 Å². The molecular formula is C27H38N2O2S. The number of hydrogen-bond acceptors (Lipinski definition) is 3. The van der Waals surface area contributed by atoms with Gasteiger partial charge in [0.1, 0.15) is 6.04 Å². The summed E-state index contributed by atoms with van der Waals surface area (Å²) in [5.41, 5.74) is 4.53. The molecule has 0 aliphatic heterocycles. The van der Waals surface area contributed by atoms with E-state index in [9.17, 15) is 9.59 Å². The molecule has 0 unspecified atom stereocenters. The summed E-state index contributed by atoms with van der Waals surface area (Å²) in [5.74, 6) is 1.08. The first kappa shape index (κ1) is 26.0. The van der Waals surface area contributed by atoms with Crippen molar-refractivity contribution in [3.8, 4) is 0 Å². The lowest BCUT2D eigenvalue weighted by molar-refractivity contribution is -0.139. The van der Waals surface area contributed by atoms with Gasteiger partial charge in [0.2, 0.25) is 11.8 Å². The molecule has 174 valence electrons. The molecular weight excluding hydrogens is 416 g/mol. The van der Waals surface area contributed by atoms with Gasteiger partial charge in [0, 0.05) is 17.8 Å². The Kier molecular flexibility index (Phi) is 9.83. The number of hydrogen-bond donors (Lipinski definition) is 1. The van der Waals surface area contributed by atoms with E-state index in [0.29, 0.717) is 18.7 Å².